The molecule has 0 aliphatic heterocycles. The van der Waals surface area contributed by atoms with Crippen molar-refractivity contribution in [2.24, 2.45) is 0 Å². The first-order chi connectivity index (χ1) is 37.9. The summed E-state index contributed by atoms with van der Waals surface area (Å²) in [4.78, 5) is 49.2. The highest BCUT2D eigenvalue weighted by molar-refractivity contribution is 14.1. The van der Waals surface area contributed by atoms with Gasteiger partial charge in [-0.2, -0.15) is 0 Å². The number of halogens is 5. The predicted octanol–water partition coefficient (Wildman–Crippen LogP) is 17.7. The summed E-state index contributed by atoms with van der Waals surface area (Å²) >= 11 is 16.5. The average molecular weight is 1480 g/mol. The van der Waals surface area contributed by atoms with Crippen LogP contribution in [0.25, 0.3) is 0 Å². The molecule has 17 heteroatoms. The van der Waals surface area contributed by atoms with E-state index in [1.165, 1.54) is 50.5 Å². The molecular weight excluding hydrogens is 1420 g/mol. The quantitative estimate of drug-likeness (QED) is 0.0356. The van der Waals surface area contributed by atoms with Crippen LogP contribution in [-0.2, 0) is 6.54 Å². The molecule has 0 heterocycles. The van der Waals surface area contributed by atoms with Gasteiger partial charge in [-0.15, -0.1) is 0 Å². The topological polar surface area (TPSA) is 167 Å². The van der Waals surface area contributed by atoms with E-state index in [-0.39, 0.29) is 29.5 Å². The lowest BCUT2D eigenvalue weighted by Crippen LogP contribution is -2.36. The molecule has 7 aromatic carbocycles. The molecule has 2 saturated carbocycles. The molecule has 9 rings (SSSR count). The normalized spacial score (nSPS) is 13.3. The zero-order valence-electron chi connectivity index (χ0n) is 44.5. The molecule has 0 spiro atoms. The monoisotopic (exact) mass is 1480 g/mol. The molecule has 12 nitrogen and oxygen atoms in total. The van der Waals surface area contributed by atoms with Crippen LogP contribution in [-0.4, -0.2) is 34.7 Å². The van der Waals surface area contributed by atoms with Gasteiger partial charge in [-0.3, -0.25) is 24.5 Å². The standard InChI is InChI=1S/C22H20ClIN2O.C20H22BrIN2O.C20H22IN3O3/c1-14-4-3-5-16(10-14)13-25-22(27)19-12-17(23)6-8-21(19)26-20-9-7-18(24)11-15(20)2;1-13-11-15(22)8-10-18(13)24-19-9-7-14(21)12-17(19)20(25)23-16-5-3-2-4-6-16;1-13-11-14(21)7-9-18(13)23-19-10-8-16(24(26)27)12-17(19)20(25)22-15-5-3-2-4-6-15/h3-12,26H,13H2,1-2H3,(H,25,27);7-12,16,24H,2-6H2,1H3,(H,23,25);7-12,15,23H,2-6H2,1H3,(H,22,25). The molecule has 2 aliphatic carbocycles. The summed E-state index contributed by atoms with van der Waals surface area (Å²) in [6.07, 6.45) is 11.2. The lowest BCUT2D eigenvalue weighted by atomic mass is 9.95. The van der Waals surface area contributed by atoms with Crippen LogP contribution >= 0.6 is 95.3 Å². The summed E-state index contributed by atoms with van der Waals surface area (Å²) in [7, 11) is 0. The number of hydrogen-bond donors (Lipinski definition) is 6. The molecule has 0 bridgehead atoms. The lowest BCUT2D eigenvalue weighted by molar-refractivity contribution is -0.384. The number of carbonyl (C=O) groups excluding carboxylic acids is 3. The molecule has 2 fully saturated rings. The zero-order chi connectivity index (χ0) is 56.6. The number of aryl methyl sites for hydroxylation is 4. The molecular formula is C62H64BrClI3N7O5. The summed E-state index contributed by atoms with van der Waals surface area (Å²) < 4.78 is 4.40. The Balaban J connectivity index is 0.000000172. The van der Waals surface area contributed by atoms with Gasteiger partial charge in [0.25, 0.3) is 23.4 Å². The molecule has 2 aliphatic rings. The second-order valence-electron chi connectivity index (χ2n) is 19.9. The second-order valence-corrected chi connectivity index (χ2v) is 25.0. The molecule has 6 N–H and O–H groups in total. The molecule has 0 radical (unpaired) electrons. The van der Waals surface area contributed by atoms with Crippen LogP contribution < -0.4 is 31.9 Å². The third-order valence-corrected chi connectivity index (χ3v) is 16.4. The minimum atomic E-state index is -0.475. The van der Waals surface area contributed by atoms with Crippen molar-refractivity contribution in [3.63, 3.8) is 0 Å². The highest BCUT2D eigenvalue weighted by Crippen LogP contribution is 2.32. The summed E-state index contributed by atoms with van der Waals surface area (Å²) in [5.41, 5.74) is 11.9. The van der Waals surface area contributed by atoms with E-state index >= 15 is 0 Å². The van der Waals surface area contributed by atoms with E-state index in [9.17, 15) is 24.5 Å². The Bertz CT molecular complexity index is 3310. The Morgan fingerprint density at radius 2 is 0.962 bits per heavy atom. The fraction of sp³-hybridized carbons (Fsp3) is 0.274. The van der Waals surface area contributed by atoms with Crippen LogP contribution in [0.1, 0.15) is 123 Å². The minimum absolute atomic E-state index is 0.00105. The van der Waals surface area contributed by atoms with Crippen molar-refractivity contribution in [3.05, 3.63) is 208 Å². The van der Waals surface area contributed by atoms with Crippen LogP contribution in [0.4, 0.5) is 39.8 Å². The maximum atomic E-state index is 12.9. The molecule has 0 aromatic heterocycles. The number of nitrogens with zero attached hydrogens (tertiary/aromatic N) is 1. The summed E-state index contributed by atoms with van der Waals surface area (Å²) in [5, 5.41) is 31.0. The van der Waals surface area contributed by atoms with Crippen LogP contribution in [0.2, 0.25) is 5.02 Å². The third-order valence-electron chi connectivity index (χ3n) is 13.7. The maximum Gasteiger partial charge on any atom is 0.270 e. The van der Waals surface area contributed by atoms with E-state index in [4.69, 9.17) is 11.6 Å². The second kappa shape index (κ2) is 30.0. The van der Waals surface area contributed by atoms with Gasteiger partial charge < -0.3 is 31.9 Å². The fourth-order valence-electron chi connectivity index (χ4n) is 9.43. The van der Waals surface area contributed by atoms with Crippen molar-refractivity contribution >= 4 is 153 Å². The maximum absolute atomic E-state index is 12.9. The van der Waals surface area contributed by atoms with Crippen molar-refractivity contribution in [2.75, 3.05) is 16.0 Å². The highest BCUT2D eigenvalue weighted by Gasteiger charge is 2.23. The number of anilines is 6. The summed E-state index contributed by atoms with van der Waals surface area (Å²) in [6, 6.07) is 42.4. The van der Waals surface area contributed by atoms with Gasteiger partial charge in [0.2, 0.25) is 0 Å². The number of amides is 3. The van der Waals surface area contributed by atoms with Crippen LogP contribution in [0, 0.1) is 48.5 Å². The van der Waals surface area contributed by atoms with Crippen LogP contribution in [0.5, 0.6) is 0 Å². The van der Waals surface area contributed by atoms with Gasteiger partial charge in [0.1, 0.15) is 0 Å². The smallest absolute Gasteiger partial charge is 0.270 e. The number of non-ortho nitro benzene ring substituents is 1. The van der Waals surface area contributed by atoms with Gasteiger partial charge in [-0.05, 0) is 240 Å². The van der Waals surface area contributed by atoms with Crippen LogP contribution in [0.15, 0.2) is 138 Å². The van der Waals surface area contributed by atoms with Gasteiger partial charge in [-0.25, -0.2) is 0 Å². The molecule has 0 saturated heterocycles. The highest BCUT2D eigenvalue weighted by atomic mass is 127. The Morgan fingerprint density at radius 1 is 0.532 bits per heavy atom. The average Bonchev–Trinajstić information content (AvgIpc) is 3.45. The molecule has 7 aromatic rings. The van der Waals surface area contributed by atoms with E-state index in [2.05, 4.69) is 153 Å². The van der Waals surface area contributed by atoms with E-state index in [1.54, 1.807) is 18.2 Å². The van der Waals surface area contributed by atoms with Crippen molar-refractivity contribution in [2.45, 2.75) is 111 Å². The largest absolute Gasteiger partial charge is 0.355 e. The van der Waals surface area contributed by atoms with Gasteiger partial charge in [-0.1, -0.05) is 95.9 Å². The fourth-order valence-corrected chi connectivity index (χ4v) is 11.9. The molecule has 3 amide bonds. The number of nitro benzene ring substituents is 1. The summed E-state index contributed by atoms with van der Waals surface area (Å²) in [6.45, 7) is 8.60. The minimum Gasteiger partial charge on any atom is -0.355 e. The van der Waals surface area contributed by atoms with Gasteiger partial charge in [0.05, 0.1) is 38.7 Å². The van der Waals surface area contributed by atoms with Crippen molar-refractivity contribution in [1.29, 1.82) is 0 Å². The SMILES string of the molecule is Cc1cc(I)ccc1Nc1ccc(Br)cc1C(=O)NC1CCCCC1.Cc1cc(I)ccc1Nc1ccc([N+](=O)[O-])cc1C(=O)NC1CCCCC1.Cc1cccc(CNC(=O)c2cc(Cl)ccc2Nc2ccc(I)cc2C)c1. The van der Waals surface area contributed by atoms with E-state index in [0.717, 1.165) is 97.3 Å². The van der Waals surface area contributed by atoms with E-state index in [1.807, 2.05) is 93.6 Å². The molecule has 79 heavy (non-hydrogen) atoms. The number of rotatable bonds is 14. The molecule has 0 atom stereocenters. The first-order valence-electron chi connectivity index (χ1n) is 26.3. The van der Waals surface area contributed by atoms with Crippen molar-refractivity contribution in [1.82, 2.24) is 16.0 Å². The van der Waals surface area contributed by atoms with Crippen LogP contribution in [0.3, 0.4) is 0 Å². The van der Waals surface area contributed by atoms with Crippen molar-refractivity contribution < 1.29 is 19.3 Å². The molecule has 0 unspecified atom stereocenters. The predicted molar refractivity (Wildman–Crippen MR) is 351 cm³/mol. The first kappa shape index (κ1) is 61.3. The number of nitro groups is 1. The number of carbonyl (C=O) groups is 3. The van der Waals surface area contributed by atoms with Gasteiger partial charge in [0.15, 0.2) is 0 Å². The lowest BCUT2D eigenvalue weighted by Gasteiger charge is -2.23. The Kier molecular flexibility index (Phi) is 23.3. The number of hydrogen-bond acceptors (Lipinski definition) is 8. The Labute approximate surface area is 517 Å². The number of nitrogens with one attached hydrogen (secondary N) is 6. The Hall–Kier alpha value is -5.29. The van der Waals surface area contributed by atoms with E-state index < -0.39 is 4.92 Å². The third kappa shape index (κ3) is 18.6. The van der Waals surface area contributed by atoms with Gasteiger partial charge in [0, 0.05) is 68.0 Å². The van der Waals surface area contributed by atoms with Gasteiger partial charge >= 0.3 is 0 Å². The summed E-state index contributed by atoms with van der Waals surface area (Å²) in [5.74, 6) is -0.431. The first-order valence-corrected chi connectivity index (χ1v) is 30.7. The molecule has 412 valence electrons. The van der Waals surface area contributed by atoms with E-state index in [0.29, 0.717) is 40.0 Å². The number of benzene rings is 7. The Morgan fingerprint density at radius 3 is 1.42 bits per heavy atom. The zero-order valence-corrected chi connectivity index (χ0v) is 53.3. The van der Waals surface area contributed by atoms with Crippen molar-refractivity contribution in [3.8, 4) is 0 Å².